The van der Waals surface area contributed by atoms with E-state index in [0.717, 1.165) is 16.0 Å². The van der Waals surface area contributed by atoms with Gasteiger partial charge in [0.2, 0.25) is 5.91 Å². The molecule has 184 valence electrons. The SMILES string of the molecule is COc1ccc(CN2C(=O)c3cc(-c4cccs4)nn3C[C@@]2(C)C(=O)NCc2ccc(F)cc2)cc1. The third kappa shape index (κ3) is 4.49. The van der Waals surface area contributed by atoms with Gasteiger partial charge in [-0.1, -0.05) is 30.3 Å². The van der Waals surface area contributed by atoms with Crippen LogP contribution < -0.4 is 10.1 Å². The number of carbonyl (C=O) groups is 2. The summed E-state index contributed by atoms with van der Waals surface area (Å²) in [5, 5.41) is 9.55. The van der Waals surface area contributed by atoms with Crippen LogP contribution in [0.5, 0.6) is 5.75 Å². The first-order chi connectivity index (χ1) is 17.4. The fourth-order valence-electron chi connectivity index (χ4n) is 4.32. The summed E-state index contributed by atoms with van der Waals surface area (Å²) in [5.41, 5.74) is 1.57. The Morgan fingerprint density at radius 3 is 2.53 bits per heavy atom. The number of hydrogen-bond acceptors (Lipinski definition) is 5. The van der Waals surface area contributed by atoms with E-state index in [1.807, 2.05) is 41.8 Å². The van der Waals surface area contributed by atoms with Crippen LogP contribution in [0.4, 0.5) is 4.39 Å². The number of thiophene rings is 1. The van der Waals surface area contributed by atoms with Gasteiger partial charge in [0.15, 0.2) is 0 Å². The average Bonchev–Trinajstić information content (AvgIpc) is 3.57. The van der Waals surface area contributed by atoms with E-state index >= 15 is 0 Å². The van der Waals surface area contributed by atoms with Crippen molar-refractivity contribution in [2.45, 2.75) is 32.1 Å². The number of ether oxygens (including phenoxy) is 1. The molecule has 1 atom stereocenters. The van der Waals surface area contributed by atoms with E-state index in [0.29, 0.717) is 17.1 Å². The van der Waals surface area contributed by atoms with Gasteiger partial charge in [0.25, 0.3) is 5.91 Å². The molecular weight excluding hydrogens is 479 g/mol. The summed E-state index contributed by atoms with van der Waals surface area (Å²) < 4.78 is 20.2. The summed E-state index contributed by atoms with van der Waals surface area (Å²) in [6.07, 6.45) is 0. The molecule has 2 amide bonds. The van der Waals surface area contributed by atoms with Gasteiger partial charge in [-0.15, -0.1) is 11.3 Å². The molecule has 0 saturated heterocycles. The Morgan fingerprint density at radius 2 is 1.86 bits per heavy atom. The largest absolute Gasteiger partial charge is 0.497 e. The van der Waals surface area contributed by atoms with Crippen molar-refractivity contribution in [2.75, 3.05) is 7.11 Å². The van der Waals surface area contributed by atoms with Crippen LogP contribution in [0.25, 0.3) is 10.6 Å². The summed E-state index contributed by atoms with van der Waals surface area (Å²) >= 11 is 1.54. The Balaban J connectivity index is 1.47. The third-order valence-corrected chi connectivity index (χ3v) is 7.32. The number of carbonyl (C=O) groups excluding carboxylic acids is 2. The Labute approximate surface area is 212 Å². The Morgan fingerprint density at radius 1 is 1.14 bits per heavy atom. The van der Waals surface area contributed by atoms with E-state index in [9.17, 15) is 14.0 Å². The number of nitrogens with zero attached hydrogens (tertiary/aromatic N) is 3. The topological polar surface area (TPSA) is 76.5 Å². The van der Waals surface area contributed by atoms with Gasteiger partial charge in [0, 0.05) is 13.1 Å². The minimum atomic E-state index is -1.21. The second kappa shape index (κ2) is 9.58. The quantitative estimate of drug-likeness (QED) is 0.402. The van der Waals surface area contributed by atoms with Crippen LogP contribution in [0.2, 0.25) is 0 Å². The van der Waals surface area contributed by atoms with Gasteiger partial charge in [-0.05, 0) is 59.8 Å². The van der Waals surface area contributed by atoms with Crippen molar-refractivity contribution in [3.8, 4) is 16.3 Å². The lowest BCUT2D eigenvalue weighted by atomic mass is 9.94. The number of nitrogens with one attached hydrogen (secondary N) is 1. The molecule has 2 aromatic carbocycles. The van der Waals surface area contributed by atoms with Gasteiger partial charge in [0.1, 0.15) is 28.5 Å². The predicted octanol–water partition coefficient (Wildman–Crippen LogP) is 4.49. The summed E-state index contributed by atoms with van der Waals surface area (Å²) in [6, 6.07) is 19.0. The van der Waals surface area contributed by atoms with E-state index in [-0.39, 0.29) is 37.3 Å². The smallest absolute Gasteiger partial charge is 0.273 e. The average molecular weight is 505 g/mol. The molecule has 4 aromatic rings. The number of methoxy groups -OCH3 is 1. The van der Waals surface area contributed by atoms with Crippen LogP contribution in [-0.4, -0.2) is 39.1 Å². The maximum Gasteiger partial charge on any atom is 0.273 e. The van der Waals surface area contributed by atoms with Crippen LogP contribution in [0.15, 0.2) is 72.1 Å². The van der Waals surface area contributed by atoms with Gasteiger partial charge in [-0.2, -0.15) is 5.10 Å². The van der Waals surface area contributed by atoms with Crippen LogP contribution in [0.3, 0.4) is 0 Å². The fraction of sp³-hybridized carbons (Fsp3) is 0.222. The first-order valence-electron chi connectivity index (χ1n) is 11.5. The van der Waals surface area contributed by atoms with Crippen molar-refractivity contribution in [1.29, 1.82) is 0 Å². The molecule has 0 bridgehead atoms. The van der Waals surface area contributed by atoms with Gasteiger partial charge < -0.3 is 15.0 Å². The zero-order valence-corrected chi connectivity index (χ0v) is 20.7. The fourth-order valence-corrected chi connectivity index (χ4v) is 5.00. The molecular formula is C27H25FN4O3S. The molecule has 0 unspecified atom stereocenters. The highest BCUT2D eigenvalue weighted by Crippen LogP contribution is 2.33. The molecule has 7 nitrogen and oxygen atoms in total. The van der Waals surface area contributed by atoms with Gasteiger partial charge in [-0.25, -0.2) is 4.39 Å². The number of aromatic nitrogens is 2. The Kier molecular flexibility index (Phi) is 6.32. The highest BCUT2D eigenvalue weighted by Gasteiger charge is 2.48. The first kappa shape index (κ1) is 23.7. The maximum atomic E-state index is 13.8. The minimum absolute atomic E-state index is 0.199. The molecule has 0 spiro atoms. The van der Waals surface area contributed by atoms with E-state index < -0.39 is 5.54 Å². The Hall–Kier alpha value is -3.98. The normalized spacial score (nSPS) is 17.1. The molecule has 2 aromatic heterocycles. The molecule has 0 radical (unpaired) electrons. The van der Waals surface area contributed by atoms with E-state index in [2.05, 4.69) is 10.4 Å². The highest BCUT2D eigenvalue weighted by atomic mass is 32.1. The van der Waals surface area contributed by atoms with Crippen LogP contribution >= 0.6 is 11.3 Å². The zero-order valence-electron chi connectivity index (χ0n) is 19.9. The van der Waals surface area contributed by atoms with E-state index in [1.54, 1.807) is 53.2 Å². The number of rotatable bonds is 7. The summed E-state index contributed by atoms with van der Waals surface area (Å²) in [4.78, 5) is 29.9. The Bertz CT molecular complexity index is 1380. The number of fused-ring (bicyclic) bond motifs is 1. The molecule has 0 aliphatic carbocycles. The second-order valence-corrected chi connectivity index (χ2v) is 9.82. The standard InChI is InChI=1S/C27H25FN4O3S/c1-27(26(34)29-15-18-5-9-20(28)10-6-18)17-32-23(14-22(30-32)24-4-3-13-36-24)25(33)31(27)16-19-7-11-21(35-2)12-8-19/h3-14H,15-17H2,1-2H3,(H,29,34)/t27-/m0/s1. The van der Waals surface area contributed by atoms with Gasteiger partial charge in [-0.3, -0.25) is 14.3 Å². The molecule has 0 saturated carbocycles. The minimum Gasteiger partial charge on any atom is -0.497 e. The zero-order chi connectivity index (χ0) is 25.3. The highest BCUT2D eigenvalue weighted by molar-refractivity contribution is 7.13. The van der Waals surface area contributed by atoms with Gasteiger partial charge in [0.05, 0.1) is 18.5 Å². The summed E-state index contributed by atoms with van der Waals surface area (Å²) in [7, 11) is 1.60. The van der Waals surface area contributed by atoms with E-state index in [4.69, 9.17) is 4.74 Å². The molecule has 0 fully saturated rings. The van der Waals surface area contributed by atoms with Crippen LogP contribution in [0.1, 0.15) is 28.5 Å². The molecule has 1 aliphatic heterocycles. The van der Waals surface area contributed by atoms with Crippen LogP contribution in [-0.2, 0) is 24.4 Å². The molecule has 9 heteroatoms. The lowest BCUT2D eigenvalue weighted by Crippen LogP contribution is -2.63. The molecule has 1 N–H and O–H groups in total. The van der Waals surface area contributed by atoms with Crippen molar-refractivity contribution in [2.24, 2.45) is 0 Å². The van der Waals surface area contributed by atoms with Crippen molar-refractivity contribution >= 4 is 23.2 Å². The molecule has 5 rings (SSSR count). The molecule has 36 heavy (non-hydrogen) atoms. The molecule has 1 aliphatic rings. The lowest BCUT2D eigenvalue weighted by molar-refractivity contribution is -0.133. The number of hydrogen-bond donors (Lipinski definition) is 1. The number of amides is 2. The van der Waals surface area contributed by atoms with Crippen LogP contribution in [0, 0.1) is 5.82 Å². The van der Waals surface area contributed by atoms with Crippen molar-refractivity contribution in [3.05, 3.63) is 94.7 Å². The van der Waals surface area contributed by atoms with Crippen molar-refractivity contribution < 1.29 is 18.7 Å². The van der Waals surface area contributed by atoms with Crippen molar-refractivity contribution in [3.63, 3.8) is 0 Å². The second-order valence-electron chi connectivity index (χ2n) is 8.87. The number of halogens is 1. The maximum absolute atomic E-state index is 13.8. The lowest BCUT2D eigenvalue weighted by Gasteiger charge is -2.43. The number of benzene rings is 2. The summed E-state index contributed by atoms with van der Waals surface area (Å²) in [6.45, 7) is 2.41. The van der Waals surface area contributed by atoms with E-state index in [1.165, 1.54) is 12.1 Å². The monoisotopic (exact) mass is 504 g/mol. The predicted molar refractivity (Wildman–Crippen MR) is 135 cm³/mol. The first-order valence-corrected chi connectivity index (χ1v) is 12.3. The van der Waals surface area contributed by atoms with Gasteiger partial charge >= 0.3 is 0 Å². The molecule has 3 heterocycles. The van der Waals surface area contributed by atoms with Crippen molar-refractivity contribution in [1.82, 2.24) is 20.0 Å². The third-order valence-electron chi connectivity index (χ3n) is 6.43. The summed E-state index contributed by atoms with van der Waals surface area (Å²) in [5.74, 6) is -0.213.